The van der Waals surface area contributed by atoms with Crippen LogP contribution in [0.25, 0.3) is 5.65 Å². The first-order valence-corrected chi connectivity index (χ1v) is 8.05. The minimum absolute atomic E-state index is 0.337. The van der Waals surface area contributed by atoms with Crippen molar-refractivity contribution in [2.45, 2.75) is 18.9 Å². The molecule has 1 aliphatic carbocycles. The Labute approximate surface area is 148 Å². The molecule has 1 fully saturated rings. The van der Waals surface area contributed by atoms with Crippen LogP contribution in [0.1, 0.15) is 18.5 Å². The van der Waals surface area contributed by atoms with Crippen molar-refractivity contribution in [3.05, 3.63) is 42.2 Å². The van der Waals surface area contributed by atoms with Crippen LogP contribution in [0.3, 0.4) is 0 Å². The molecule has 2 heterocycles. The maximum absolute atomic E-state index is 10.8. The number of hydrogen-bond donors (Lipinski definition) is 4. The van der Waals surface area contributed by atoms with Gasteiger partial charge in [-0.05, 0) is 31.0 Å². The maximum Gasteiger partial charge on any atom is 0.409 e. The topological polar surface area (TPSA) is 127 Å². The second-order valence-corrected chi connectivity index (χ2v) is 5.99. The minimum atomic E-state index is -1.13. The van der Waals surface area contributed by atoms with Gasteiger partial charge < -0.3 is 15.7 Å². The number of benzene rings is 1. The summed E-state index contributed by atoms with van der Waals surface area (Å²) in [6.45, 7) is 0. The van der Waals surface area contributed by atoms with Crippen LogP contribution in [0.5, 0.6) is 0 Å². The van der Waals surface area contributed by atoms with Crippen LogP contribution in [-0.4, -0.2) is 31.8 Å². The number of fused-ring (bicyclic) bond motifs is 1. The van der Waals surface area contributed by atoms with Crippen molar-refractivity contribution in [1.29, 1.82) is 5.26 Å². The standard InChI is InChI=1S/C17H15N7O2/c18-8-13-9-19-16-14(20-10-4-5-10)7-15(23-24(13)16)21-11-2-1-3-12(6-11)22-17(25)26/h1-3,6-7,9-10,20,22H,4-5H2,(H,21,23)(H,25,26). The molecule has 0 bridgehead atoms. The van der Waals surface area contributed by atoms with E-state index in [1.165, 1.54) is 10.7 Å². The molecule has 1 aliphatic rings. The van der Waals surface area contributed by atoms with E-state index in [0.717, 1.165) is 18.5 Å². The van der Waals surface area contributed by atoms with Crippen LogP contribution < -0.4 is 16.0 Å². The highest BCUT2D eigenvalue weighted by Gasteiger charge is 2.23. The smallest absolute Gasteiger partial charge is 0.409 e. The number of imidazole rings is 1. The summed E-state index contributed by atoms with van der Waals surface area (Å²) in [6.07, 6.45) is 2.56. The fraction of sp³-hybridized carbons (Fsp3) is 0.176. The molecule has 1 saturated carbocycles. The van der Waals surface area contributed by atoms with Gasteiger partial charge in [0.15, 0.2) is 17.2 Å². The van der Waals surface area contributed by atoms with Crippen molar-refractivity contribution < 1.29 is 9.90 Å². The molecule has 26 heavy (non-hydrogen) atoms. The van der Waals surface area contributed by atoms with Crippen LogP contribution in [-0.2, 0) is 0 Å². The first kappa shape index (κ1) is 15.7. The number of anilines is 4. The third kappa shape index (κ3) is 3.21. The lowest BCUT2D eigenvalue weighted by Gasteiger charge is -2.11. The first-order chi connectivity index (χ1) is 12.6. The van der Waals surface area contributed by atoms with Crippen LogP contribution in [0.2, 0.25) is 0 Å². The van der Waals surface area contributed by atoms with E-state index in [0.29, 0.717) is 34.6 Å². The Kier molecular flexibility index (Phi) is 3.78. The van der Waals surface area contributed by atoms with Crippen molar-refractivity contribution in [3.63, 3.8) is 0 Å². The minimum Gasteiger partial charge on any atom is -0.465 e. The van der Waals surface area contributed by atoms with Crippen molar-refractivity contribution in [2.24, 2.45) is 0 Å². The molecule has 2 aromatic heterocycles. The molecule has 4 N–H and O–H groups in total. The predicted octanol–water partition coefficient (Wildman–Crippen LogP) is 3.01. The van der Waals surface area contributed by atoms with Gasteiger partial charge in [-0.3, -0.25) is 5.32 Å². The average molecular weight is 349 g/mol. The highest BCUT2D eigenvalue weighted by molar-refractivity contribution is 5.84. The Balaban J connectivity index is 1.69. The predicted molar refractivity (Wildman–Crippen MR) is 95.7 cm³/mol. The highest BCUT2D eigenvalue weighted by Crippen LogP contribution is 2.29. The molecule has 9 heteroatoms. The summed E-state index contributed by atoms with van der Waals surface area (Å²) in [4.78, 5) is 15.1. The van der Waals surface area contributed by atoms with E-state index in [9.17, 15) is 10.1 Å². The molecule has 130 valence electrons. The molecule has 9 nitrogen and oxygen atoms in total. The van der Waals surface area contributed by atoms with Crippen LogP contribution in [0.4, 0.5) is 27.7 Å². The summed E-state index contributed by atoms with van der Waals surface area (Å²) in [5.41, 5.74) is 2.84. The number of nitrogens with one attached hydrogen (secondary N) is 3. The van der Waals surface area contributed by atoms with E-state index in [1.807, 2.05) is 6.07 Å². The molecule has 1 aromatic carbocycles. The summed E-state index contributed by atoms with van der Waals surface area (Å²) >= 11 is 0. The summed E-state index contributed by atoms with van der Waals surface area (Å²) in [7, 11) is 0. The largest absolute Gasteiger partial charge is 0.465 e. The van der Waals surface area contributed by atoms with Gasteiger partial charge in [0.05, 0.1) is 11.9 Å². The average Bonchev–Trinajstić information content (AvgIpc) is 3.31. The van der Waals surface area contributed by atoms with E-state index < -0.39 is 6.09 Å². The Hall–Kier alpha value is -3.80. The van der Waals surface area contributed by atoms with Gasteiger partial charge in [-0.2, -0.15) is 9.78 Å². The second-order valence-electron chi connectivity index (χ2n) is 5.99. The number of aromatic nitrogens is 3. The molecular formula is C17H15N7O2. The van der Waals surface area contributed by atoms with E-state index in [1.54, 1.807) is 24.3 Å². The van der Waals surface area contributed by atoms with Crippen molar-refractivity contribution in [2.75, 3.05) is 16.0 Å². The van der Waals surface area contributed by atoms with Gasteiger partial charge in [-0.25, -0.2) is 9.78 Å². The SMILES string of the molecule is N#Cc1cnc2c(NC3CC3)cc(Nc3cccc(NC(=O)O)c3)nn12. The fourth-order valence-electron chi connectivity index (χ4n) is 2.61. The summed E-state index contributed by atoms with van der Waals surface area (Å²) in [5.74, 6) is 0.516. The lowest BCUT2D eigenvalue weighted by molar-refractivity contribution is 0.210. The fourth-order valence-corrected chi connectivity index (χ4v) is 2.61. The molecule has 0 unspecified atom stereocenters. The van der Waals surface area contributed by atoms with Crippen molar-refractivity contribution in [1.82, 2.24) is 14.6 Å². The molecule has 0 saturated heterocycles. The number of carbonyl (C=O) groups is 1. The van der Waals surface area contributed by atoms with Gasteiger partial charge in [-0.15, -0.1) is 5.10 Å². The number of carboxylic acid groups (broad SMARTS) is 1. The lowest BCUT2D eigenvalue weighted by Crippen LogP contribution is -2.08. The normalized spacial score (nSPS) is 13.2. The number of amides is 1. The third-order valence-corrected chi connectivity index (χ3v) is 3.91. The van der Waals surface area contributed by atoms with Gasteiger partial charge in [0.25, 0.3) is 0 Å². The van der Waals surface area contributed by atoms with E-state index >= 15 is 0 Å². The number of rotatable bonds is 5. The van der Waals surface area contributed by atoms with Gasteiger partial charge >= 0.3 is 6.09 Å². The quantitative estimate of drug-likeness (QED) is 0.557. The van der Waals surface area contributed by atoms with E-state index in [-0.39, 0.29) is 0 Å². The molecule has 0 atom stereocenters. The molecule has 3 aromatic rings. The Morgan fingerprint density at radius 1 is 1.31 bits per heavy atom. The zero-order valence-corrected chi connectivity index (χ0v) is 13.6. The molecule has 1 amide bonds. The van der Waals surface area contributed by atoms with Crippen LogP contribution in [0.15, 0.2) is 36.5 Å². The highest BCUT2D eigenvalue weighted by atomic mass is 16.4. The van der Waals surface area contributed by atoms with Crippen molar-refractivity contribution in [3.8, 4) is 6.07 Å². The van der Waals surface area contributed by atoms with Crippen LogP contribution >= 0.6 is 0 Å². The second kappa shape index (κ2) is 6.25. The van der Waals surface area contributed by atoms with Gasteiger partial charge in [0, 0.05) is 23.5 Å². The molecule has 0 aliphatic heterocycles. The molecule has 0 spiro atoms. The van der Waals surface area contributed by atoms with Crippen molar-refractivity contribution >= 4 is 34.6 Å². The van der Waals surface area contributed by atoms with E-state index in [4.69, 9.17) is 5.11 Å². The Morgan fingerprint density at radius 3 is 2.85 bits per heavy atom. The summed E-state index contributed by atoms with van der Waals surface area (Å²) in [6, 6.07) is 11.2. The van der Waals surface area contributed by atoms with Gasteiger partial charge in [0.1, 0.15) is 6.07 Å². The summed E-state index contributed by atoms with van der Waals surface area (Å²) in [5, 5.41) is 31.4. The first-order valence-electron chi connectivity index (χ1n) is 8.05. The number of hydrogen-bond acceptors (Lipinski definition) is 6. The summed E-state index contributed by atoms with van der Waals surface area (Å²) < 4.78 is 1.49. The van der Waals surface area contributed by atoms with E-state index in [2.05, 4.69) is 32.1 Å². The Morgan fingerprint density at radius 2 is 2.12 bits per heavy atom. The Bertz CT molecular complexity index is 1030. The zero-order valence-electron chi connectivity index (χ0n) is 13.6. The number of nitriles is 1. The maximum atomic E-state index is 10.8. The zero-order chi connectivity index (χ0) is 18.1. The lowest BCUT2D eigenvalue weighted by atomic mass is 10.2. The van der Waals surface area contributed by atoms with Gasteiger partial charge in [0.2, 0.25) is 0 Å². The monoisotopic (exact) mass is 349 g/mol. The third-order valence-electron chi connectivity index (χ3n) is 3.91. The van der Waals surface area contributed by atoms with Gasteiger partial charge in [-0.1, -0.05) is 6.07 Å². The number of nitrogens with zero attached hydrogens (tertiary/aromatic N) is 4. The molecule has 0 radical (unpaired) electrons. The van der Waals surface area contributed by atoms with Crippen LogP contribution in [0, 0.1) is 11.3 Å². The molecule has 4 rings (SSSR count). The molecular weight excluding hydrogens is 334 g/mol.